The molecule has 0 atom stereocenters. The smallest absolute Gasteiger partial charge is 0.161 e. The number of aromatic nitrogens is 1. The van der Waals surface area contributed by atoms with Crippen LogP contribution in [-0.2, 0) is 0 Å². The fourth-order valence-electron chi connectivity index (χ4n) is 2.45. The van der Waals surface area contributed by atoms with Crippen LogP contribution in [0.4, 0.5) is 0 Å². The van der Waals surface area contributed by atoms with Gasteiger partial charge in [-0.2, -0.15) is 0 Å². The van der Waals surface area contributed by atoms with E-state index in [9.17, 15) is 0 Å². The molecule has 0 bridgehead atoms. The van der Waals surface area contributed by atoms with Crippen molar-refractivity contribution in [2.75, 3.05) is 13.1 Å². The third-order valence-corrected chi connectivity index (χ3v) is 4.59. The Bertz CT molecular complexity index is 706. The summed E-state index contributed by atoms with van der Waals surface area (Å²) in [5.74, 6) is 0. The first kappa shape index (κ1) is 15.1. The summed E-state index contributed by atoms with van der Waals surface area (Å²) in [6.07, 6.45) is 7.80. The number of fused-ring (bicyclic) bond motifs is 1. The minimum absolute atomic E-state index is 0.784. The second-order valence-electron chi connectivity index (χ2n) is 5.42. The van der Waals surface area contributed by atoms with E-state index in [1.807, 2.05) is 12.3 Å². The van der Waals surface area contributed by atoms with Crippen LogP contribution in [0.2, 0.25) is 0 Å². The summed E-state index contributed by atoms with van der Waals surface area (Å²) >= 11 is 1.75. The van der Waals surface area contributed by atoms with Crippen molar-refractivity contribution in [1.82, 2.24) is 10.3 Å². The zero-order valence-corrected chi connectivity index (χ0v) is 13.7. The number of nitrogens with zero attached hydrogens (tertiary/aromatic N) is 2. The zero-order chi connectivity index (χ0) is 15.2. The molecule has 1 aromatic heterocycles. The quantitative estimate of drug-likeness (QED) is 0.828. The van der Waals surface area contributed by atoms with Crippen molar-refractivity contribution < 1.29 is 0 Å². The first-order chi connectivity index (χ1) is 10.8. The van der Waals surface area contributed by atoms with Gasteiger partial charge in [-0.3, -0.25) is 9.98 Å². The van der Waals surface area contributed by atoms with Gasteiger partial charge in [-0.05, 0) is 36.3 Å². The van der Waals surface area contributed by atoms with Crippen LogP contribution >= 0.6 is 11.8 Å². The summed E-state index contributed by atoms with van der Waals surface area (Å²) in [6, 6.07) is 10.5. The highest BCUT2D eigenvalue weighted by Crippen LogP contribution is 2.26. The van der Waals surface area contributed by atoms with E-state index in [-0.39, 0.29) is 0 Å². The Balaban J connectivity index is 1.61. The molecule has 1 N–H and O–H groups in total. The molecule has 0 unspecified atom stereocenters. The average molecular weight is 311 g/mol. The maximum Gasteiger partial charge on any atom is 0.161 e. The number of unbranched alkanes of at least 4 members (excludes halogenated alkanes) is 2. The van der Waals surface area contributed by atoms with Gasteiger partial charge in [-0.1, -0.05) is 43.7 Å². The second kappa shape index (κ2) is 7.45. The largest absolute Gasteiger partial charge is 0.365 e. The lowest BCUT2D eigenvalue weighted by Gasteiger charge is -2.04. The van der Waals surface area contributed by atoms with E-state index >= 15 is 0 Å². The Kier molecular flexibility index (Phi) is 5.11. The topological polar surface area (TPSA) is 37.3 Å². The van der Waals surface area contributed by atoms with Gasteiger partial charge in [0.25, 0.3) is 0 Å². The van der Waals surface area contributed by atoms with Crippen molar-refractivity contribution >= 4 is 33.9 Å². The van der Waals surface area contributed by atoms with E-state index in [4.69, 9.17) is 0 Å². The molecule has 1 aliphatic heterocycles. The summed E-state index contributed by atoms with van der Waals surface area (Å²) < 4.78 is 0. The minimum Gasteiger partial charge on any atom is -0.365 e. The van der Waals surface area contributed by atoms with E-state index in [1.165, 1.54) is 35.1 Å². The van der Waals surface area contributed by atoms with Gasteiger partial charge in [0.05, 0.1) is 12.1 Å². The first-order valence-electron chi connectivity index (χ1n) is 7.86. The third kappa shape index (κ3) is 3.89. The van der Waals surface area contributed by atoms with Crippen molar-refractivity contribution in [3.63, 3.8) is 0 Å². The number of hydrogen-bond donors (Lipinski definition) is 1. The average Bonchev–Trinajstić information content (AvgIpc) is 2.99. The van der Waals surface area contributed by atoms with Crippen LogP contribution in [0.5, 0.6) is 0 Å². The molecule has 114 valence electrons. The number of pyridine rings is 1. The fraction of sp³-hybridized carbons (Fsp3) is 0.333. The standard InChI is InChI=1S/C18H21N3S/c1-2-3-4-9-20-18-21-13-16(22-18)12-14-7-8-17-15(11-14)6-5-10-19-17/h5-8,10-12H,2-4,9,13H2,1H3,(H,20,21)/b16-12-. The summed E-state index contributed by atoms with van der Waals surface area (Å²) in [7, 11) is 0. The third-order valence-electron chi connectivity index (χ3n) is 3.62. The molecule has 3 nitrogen and oxygen atoms in total. The van der Waals surface area contributed by atoms with Gasteiger partial charge in [0.2, 0.25) is 0 Å². The van der Waals surface area contributed by atoms with Gasteiger partial charge < -0.3 is 5.32 Å². The lowest BCUT2D eigenvalue weighted by Crippen LogP contribution is -2.19. The summed E-state index contributed by atoms with van der Waals surface area (Å²) in [5.41, 5.74) is 2.25. The van der Waals surface area contributed by atoms with Crippen molar-refractivity contribution in [2.45, 2.75) is 26.2 Å². The molecule has 1 aromatic carbocycles. The number of nitrogens with one attached hydrogen (secondary N) is 1. The van der Waals surface area contributed by atoms with Gasteiger partial charge in [-0.15, -0.1) is 0 Å². The molecule has 0 radical (unpaired) electrons. The number of rotatable bonds is 5. The van der Waals surface area contributed by atoms with E-state index in [2.05, 4.69) is 52.6 Å². The maximum absolute atomic E-state index is 4.56. The van der Waals surface area contributed by atoms with E-state index in [0.717, 1.165) is 23.8 Å². The number of aliphatic imine (C=N–C) groups is 1. The fourth-order valence-corrected chi connectivity index (χ4v) is 3.32. The molecule has 0 fully saturated rings. The molecule has 0 spiro atoms. The van der Waals surface area contributed by atoms with Gasteiger partial charge in [0, 0.05) is 23.0 Å². The van der Waals surface area contributed by atoms with Crippen LogP contribution in [0.15, 0.2) is 46.4 Å². The number of thioether (sulfide) groups is 1. The number of hydrogen-bond acceptors (Lipinski definition) is 4. The Hall–Kier alpha value is -1.81. The van der Waals surface area contributed by atoms with Crippen LogP contribution in [0.3, 0.4) is 0 Å². The van der Waals surface area contributed by atoms with Crippen molar-refractivity contribution in [3.8, 4) is 0 Å². The molecule has 1 aliphatic rings. The molecule has 0 saturated heterocycles. The highest BCUT2D eigenvalue weighted by atomic mass is 32.2. The summed E-state index contributed by atoms with van der Waals surface area (Å²) in [6.45, 7) is 4.03. The highest BCUT2D eigenvalue weighted by molar-refractivity contribution is 8.17. The van der Waals surface area contributed by atoms with Gasteiger partial charge >= 0.3 is 0 Å². The Morgan fingerprint density at radius 1 is 1.27 bits per heavy atom. The van der Waals surface area contributed by atoms with E-state index in [1.54, 1.807) is 11.8 Å². The van der Waals surface area contributed by atoms with Crippen LogP contribution in [-0.4, -0.2) is 23.2 Å². The molecule has 2 aromatic rings. The number of amidine groups is 1. The zero-order valence-electron chi connectivity index (χ0n) is 12.9. The van der Waals surface area contributed by atoms with Crippen LogP contribution in [0.25, 0.3) is 17.0 Å². The highest BCUT2D eigenvalue weighted by Gasteiger charge is 2.12. The van der Waals surface area contributed by atoms with E-state index in [0.29, 0.717) is 0 Å². The molecule has 3 rings (SSSR count). The van der Waals surface area contributed by atoms with E-state index < -0.39 is 0 Å². The predicted octanol–water partition coefficient (Wildman–Crippen LogP) is 4.46. The summed E-state index contributed by atoms with van der Waals surface area (Å²) in [4.78, 5) is 10.2. The lowest BCUT2D eigenvalue weighted by atomic mass is 10.1. The lowest BCUT2D eigenvalue weighted by molar-refractivity contribution is 0.698. The molecular formula is C18H21N3S. The Morgan fingerprint density at radius 2 is 2.23 bits per heavy atom. The predicted molar refractivity (Wildman–Crippen MR) is 97.1 cm³/mol. The second-order valence-corrected chi connectivity index (χ2v) is 6.54. The molecule has 2 heterocycles. The molecule has 0 saturated carbocycles. The monoisotopic (exact) mass is 311 g/mol. The van der Waals surface area contributed by atoms with Gasteiger partial charge in [-0.25, -0.2) is 0 Å². The van der Waals surface area contributed by atoms with Crippen LogP contribution < -0.4 is 5.32 Å². The molecule has 0 aliphatic carbocycles. The molecule has 22 heavy (non-hydrogen) atoms. The maximum atomic E-state index is 4.56. The molecule has 0 amide bonds. The Morgan fingerprint density at radius 3 is 3.14 bits per heavy atom. The van der Waals surface area contributed by atoms with Gasteiger partial charge in [0.15, 0.2) is 5.17 Å². The van der Waals surface area contributed by atoms with Crippen LogP contribution in [0.1, 0.15) is 31.7 Å². The van der Waals surface area contributed by atoms with Gasteiger partial charge in [0.1, 0.15) is 0 Å². The summed E-state index contributed by atoms with van der Waals surface area (Å²) in [5, 5.41) is 5.66. The molecule has 4 heteroatoms. The SMILES string of the molecule is CCCCCNC1=NC/C(=C/c2ccc3ncccc3c2)S1. The van der Waals surface area contributed by atoms with Crippen molar-refractivity contribution in [1.29, 1.82) is 0 Å². The number of benzene rings is 1. The van der Waals surface area contributed by atoms with Crippen molar-refractivity contribution in [3.05, 3.63) is 47.0 Å². The Labute approximate surface area is 135 Å². The molecular weight excluding hydrogens is 290 g/mol. The van der Waals surface area contributed by atoms with Crippen molar-refractivity contribution in [2.24, 2.45) is 4.99 Å². The first-order valence-corrected chi connectivity index (χ1v) is 8.68. The normalized spacial score (nSPS) is 16.2. The minimum atomic E-state index is 0.784. The van der Waals surface area contributed by atoms with Crippen LogP contribution in [0, 0.1) is 0 Å².